The Morgan fingerprint density at radius 1 is 1.05 bits per heavy atom. The summed E-state index contributed by atoms with van der Waals surface area (Å²) in [6.07, 6.45) is 8.28. The fourth-order valence-electron chi connectivity index (χ4n) is 6.95. The first-order valence-electron chi connectivity index (χ1n) is 14.4. The predicted octanol–water partition coefficient (Wildman–Crippen LogP) is 5.20. The zero-order valence-corrected chi connectivity index (χ0v) is 23.7. The van der Waals surface area contributed by atoms with E-state index in [0.29, 0.717) is 16.6 Å². The third-order valence-electron chi connectivity index (χ3n) is 9.02. The summed E-state index contributed by atoms with van der Waals surface area (Å²) in [7, 11) is 0. The highest BCUT2D eigenvalue weighted by atomic mass is 35.5. The predicted molar refractivity (Wildman–Crippen MR) is 154 cm³/mol. The number of likely N-dealkylation sites (tertiary alicyclic amines) is 1. The van der Waals surface area contributed by atoms with Gasteiger partial charge in [0.15, 0.2) is 0 Å². The quantitative estimate of drug-likeness (QED) is 0.455. The highest BCUT2D eigenvalue weighted by molar-refractivity contribution is 6.31. The molecule has 2 aromatic carbocycles. The normalized spacial score (nSPS) is 29.2. The van der Waals surface area contributed by atoms with E-state index in [9.17, 15) is 14.4 Å². The first-order valence-corrected chi connectivity index (χ1v) is 14.8. The Labute approximate surface area is 240 Å². The zero-order chi connectivity index (χ0) is 28.0. The molecule has 0 radical (unpaired) electrons. The molecule has 3 heterocycles. The Kier molecular flexibility index (Phi) is 7.21. The second kappa shape index (κ2) is 10.7. The largest absolute Gasteiger partial charge is 0.359 e. The molecule has 1 aliphatic carbocycles. The Morgan fingerprint density at radius 2 is 1.77 bits per heavy atom. The Bertz CT molecular complexity index is 1340. The van der Waals surface area contributed by atoms with Crippen molar-refractivity contribution in [3.63, 3.8) is 0 Å². The number of amides is 3. The van der Waals surface area contributed by atoms with Crippen LogP contribution in [0.25, 0.3) is 0 Å². The summed E-state index contributed by atoms with van der Waals surface area (Å²) < 4.78 is 6.47. The van der Waals surface area contributed by atoms with Crippen LogP contribution < -0.4 is 10.6 Å². The summed E-state index contributed by atoms with van der Waals surface area (Å²) in [4.78, 5) is 43.4. The molecule has 2 bridgehead atoms. The lowest BCUT2D eigenvalue weighted by Gasteiger charge is -2.34. The summed E-state index contributed by atoms with van der Waals surface area (Å²) >= 11 is 6.48. The molecule has 210 valence electrons. The van der Waals surface area contributed by atoms with Gasteiger partial charge in [-0.15, -0.1) is 0 Å². The maximum Gasteiger partial charge on any atom is 0.246 e. The number of ether oxygens (including phenoxy) is 1. The molecule has 4 aliphatic rings. The molecule has 3 amide bonds. The van der Waals surface area contributed by atoms with Gasteiger partial charge in [0.2, 0.25) is 17.7 Å². The molecule has 8 heteroatoms. The number of nitrogens with one attached hydrogen (secondary N) is 2. The average molecular weight is 562 g/mol. The standard InChI is InChI=1S/C32H36ClN3O4/c1-19(2)20-12-14-23(15-13-20)34-29(37)26-25-16-17-32(40-25)27(26)31(39)36(18-21-8-6-7-11-24(21)33)28(32)30(38)35-22-9-4-3-5-10-22/h6-8,11-17,19,22,25-28H,3-5,9-10,18H2,1-2H3,(H,34,37)(H,35,38)/t25-,26+,27-,28-,32-/m1/s1. The van der Waals surface area contributed by atoms with Gasteiger partial charge in [0.1, 0.15) is 11.6 Å². The van der Waals surface area contributed by atoms with Crippen molar-refractivity contribution in [1.29, 1.82) is 0 Å². The minimum Gasteiger partial charge on any atom is -0.359 e. The monoisotopic (exact) mass is 561 g/mol. The number of benzene rings is 2. The van der Waals surface area contributed by atoms with Crippen LogP contribution in [0.1, 0.15) is 63.0 Å². The van der Waals surface area contributed by atoms with Crippen molar-refractivity contribution in [1.82, 2.24) is 10.2 Å². The van der Waals surface area contributed by atoms with Gasteiger partial charge in [0.05, 0.1) is 17.9 Å². The Balaban J connectivity index is 1.31. The SMILES string of the molecule is CC(C)c1ccc(NC(=O)[C@H]2[C@H]3C=C[C@@]4(O3)[C@H]2C(=O)N(Cc2ccccc2Cl)[C@@H]4C(=O)NC2CCCCC2)cc1. The smallest absolute Gasteiger partial charge is 0.246 e. The lowest BCUT2D eigenvalue weighted by atomic mass is 9.74. The first-order chi connectivity index (χ1) is 19.3. The van der Waals surface area contributed by atoms with Crippen molar-refractivity contribution in [3.05, 3.63) is 76.8 Å². The van der Waals surface area contributed by atoms with Crippen LogP contribution >= 0.6 is 11.6 Å². The zero-order valence-electron chi connectivity index (χ0n) is 22.9. The minimum absolute atomic E-state index is 0.0736. The number of carbonyl (C=O) groups is 3. The summed E-state index contributed by atoms with van der Waals surface area (Å²) in [5, 5.41) is 6.75. The van der Waals surface area contributed by atoms with E-state index in [0.717, 1.165) is 31.2 Å². The van der Waals surface area contributed by atoms with Crippen LogP contribution in [0.4, 0.5) is 5.69 Å². The molecule has 0 unspecified atom stereocenters. The lowest BCUT2D eigenvalue weighted by molar-refractivity contribution is -0.142. The van der Waals surface area contributed by atoms with Crippen molar-refractivity contribution in [2.75, 3.05) is 5.32 Å². The molecule has 5 atom stereocenters. The van der Waals surface area contributed by atoms with E-state index >= 15 is 0 Å². The van der Waals surface area contributed by atoms with Gasteiger partial charge in [-0.05, 0) is 48.1 Å². The van der Waals surface area contributed by atoms with Crippen LogP contribution in [0, 0.1) is 11.8 Å². The van der Waals surface area contributed by atoms with Gasteiger partial charge in [-0.2, -0.15) is 0 Å². The number of hydrogen-bond acceptors (Lipinski definition) is 4. The minimum atomic E-state index is -1.20. The van der Waals surface area contributed by atoms with Crippen molar-refractivity contribution in [3.8, 4) is 0 Å². The fraction of sp³-hybridized carbons (Fsp3) is 0.469. The van der Waals surface area contributed by atoms with E-state index in [4.69, 9.17) is 16.3 Å². The van der Waals surface area contributed by atoms with Crippen molar-refractivity contribution in [2.45, 2.75) is 82.2 Å². The second-order valence-corrected chi connectivity index (χ2v) is 12.3. The summed E-state index contributed by atoms with van der Waals surface area (Å²) in [5.74, 6) is -1.94. The topological polar surface area (TPSA) is 87.7 Å². The molecular weight excluding hydrogens is 526 g/mol. The number of carbonyl (C=O) groups excluding carboxylic acids is 3. The highest BCUT2D eigenvalue weighted by Crippen LogP contribution is 2.55. The molecule has 2 N–H and O–H groups in total. The molecule has 3 aliphatic heterocycles. The Morgan fingerprint density at radius 3 is 2.48 bits per heavy atom. The van der Waals surface area contributed by atoms with Gasteiger partial charge in [-0.3, -0.25) is 14.4 Å². The second-order valence-electron chi connectivity index (χ2n) is 11.9. The van der Waals surface area contributed by atoms with E-state index < -0.39 is 29.6 Å². The number of anilines is 1. The van der Waals surface area contributed by atoms with Crippen molar-refractivity contribution < 1.29 is 19.1 Å². The molecule has 7 nitrogen and oxygen atoms in total. The van der Waals surface area contributed by atoms with Crippen LogP contribution in [0.5, 0.6) is 0 Å². The number of rotatable bonds is 7. The molecule has 40 heavy (non-hydrogen) atoms. The van der Waals surface area contributed by atoms with Gasteiger partial charge in [0, 0.05) is 23.3 Å². The molecule has 6 rings (SSSR count). The van der Waals surface area contributed by atoms with Crippen LogP contribution in [0.2, 0.25) is 5.02 Å². The fourth-order valence-corrected chi connectivity index (χ4v) is 7.15. The maximum absolute atomic E-state index is 14.2. The molecule has 2 aromatic rings. The number of hydrogen-bond donors (Lipinski definition) is 2. The number of halogens is 1. The van der Waals surface area contributed by atoms with Crippen LogP contribution in [-0.4, -0.2) is 46.4 Å². The Hall–Kier alpha value is -3.16. The van der Waals surface area contributed by atoms with Gasteiger partial charge in [-0.1, -0.05) is 87.2 Å². The highest BCUT2D eigenvalue weighted by Gasteiger charge is 2.72. The van der Waals surface area contributed by atoms with Gasteiger partial charge in [-0.25, -0.2) is 0 Å². The lowest BCUT2D eigenvalue weighted by Crippen LogP contribution is -2.56. The van der Waals surface area contributed by atoms with E-state index in [1.165, 1.54) is 12.0 Å². The molecular formula is C32H36ClN3O4. The van der Waals surface area contributed by atoms with Crippen LogP contribution in [-0.2, 0) is 25.7 Å². The third-order valence-corrected chi connectivity index (χ3v) is 9.39. The summed E-state index contributed by atoms with van der Waals surface area (Å²) in [5.41, 5.74) is 1.39. The third kappa shape index (κ3) is 4.63. The summed E-state index contributed by atoms with van der Waals surface area (Å²) in [6.45, 7) is 4.39. The van der Waals surface area contributed by atoms with Gasteiger partial charge < -0.3 is 20.3 Å². The van der Waals surface area contributed by atoms with E-state index in [1.54, 1.807) is 11.0 Å². The van der Waals surface area contributed by atoms with Crippen LogP contribution in [0.15, 0.2) is 60.7 Å². The average Bonchev–Trinajstić information content (AvgIpc) is 3.58. The molecule has 1 spiro atoms. The van der Waals surface area contributed by atoms with Crippen molar-refractivity contribution in [2.24, 2.45) is 11.8 Å². The van der Waals surface area contributed by atoms with Crippen molar-refractivity contribution >= 4 is 35.0 Å². The number of nitrogens with zero attached hydrogens (tertiary/aromatic N) is 1. The van der Waals surface area contributed by atoms with E-state index in [-0.39, 0.29) is 30.3 Å². The maximum atomic E-state index is 14.2. The molecule has 1 saturated carbocycles. The van der Waals surface area contributed by atoms with E-state index in [2.05, 4.69) is 24.5 Å². The molecule has 3 fully saturated rings. The van der Waals surface area contributed by atoms with E-state index in [1.807, 2.05) is 54.6 Å². The van der Waals surface area contributed by atoms with Gasteiger partial charge >= 0.3 is 0 Å². The summed E-state index contributed by atoms with van der Waals surface area (Å²) in [6, 6.07) is 14.3. The first kappa shape index (κ1) is 27.0. The molecule has 0 aromatic heterocycles. The molecule has 2 saturated heterocycles. The van der Waals surface area contributed by atoms with Crippen LogP contribution in [0.3, 0.4) is 0 Å². The van der Waals surface area contributed by atoms with Gasteiger partial charge in [0.25, 0.3) is 0 Å². The number of fused-ring (bicyclic) bond motifs is 1.